The summed E-state index contributed by atoms with van der Waals surface area (Å²) >= 11 is 0. The molecule has 4 heteroatoms. The van der Waals surface area contributed by atoms with Gasteiger partial charge in [0.2, 0.25) is 0 Å². The van der Waals surface area contributed by atoms with Gasteiger partial charge < -0.3 is 4.74 Å². The molecule has 0 aliphatic heterocycles. The summed E-state index contributed by atoms with van der Waals surface area (Å²) < 4.78 is 45.1. The summed E-state index contributed by atoms with van der Waals surface area (Å²) in [7, 11) is 0. The fraction of sp³-hybridized carbons (Fsp3) is 0.368. The standard InChI is InChI=1S/C19H21F3O/c1-12(2)14-8-7-11-17(18(14)13(3)4)23-16-10-6-5-9-15(16)19(20,21)22/h5-13H,1-4H3. The average molecular weight is 322 g/mol. The molecular formula is C19H21F3O. The van der Waals surface area contributed by atoms with Crippen LogP contribution in [0, 0.1) is 0 Å². The Morgan fingerprint density at radius 1 is 0.783 bits per heavy atom. The van der Waals surface area contributed by atoms with Gasteiger partial charge in [-0.15, -0.1) is 0 Å². The Hall–Kier alpha value is -1.97. The van der Waals surface area contributed by atoms with Crippen LogP contribution in [0.4, 0.5) is 13.2 Å². The van der Waals surface area contributed by atoms with Crippen molar-refractivity contribution in [1.82, 2.24) is 0 Å². The molecule has 0 saturated heterocycles. The molecule has 0 saturated carbocycles. The molecule has 0 bridgehead atoms. The molecule has 0 amide bonds. The summed E-state index contributed by atoms with van der Waals surface area (Å²) in [6.07, 6.45) is -4.44. The van der Waals surface area contributed by atoms with E-state index in [-0.39, 0.29) is 17.6 Å². The lowest BCUT2D eigenvalue weighted by atomic mass is 9.90. The second kappa shape index (κ2) is 6.65. The Bertz CT molecular complexity index is 673. The van der Waals surface area contributed by atoms with Gasteiger partial charge in [0.25, 0.3) is 0 Å². The first-order valence-corrected chi connectivity index (χ1v) is 7.68. The van der Waals surface area contributed by atoms with Crippen molar-refractivity contribution >= 4 is 0 Å². The first-order chi connectivity index (χ1) is 10.7. The number of para-hydroxylation sites is 1. The van der Waals surface area contributed by atoms with E-state index in [2.05, 4.69) is 13.8 Å². The summed E-state index contributed by atoms with van der Waals surface area (Å²) in [5.74, 6) is 0.751. The van der Waals surface area contributed by atoms with Gasteiger partial charge in [-0.1, -0.05) is 52.0 Å². The number of hydrogen-bond acceptors (Lipinski definition) is 1. The molecule has 23 heavy (non-hydrogen) atoms. The number of hydrogen-bond donors (Lipinski definition) is 0. The van der Waals surface area contributed by atoms with Gasteiger partial charge in [0, 0.05) is 5.56 Å². The summed E-state index contributed by atoms with van der Waals surface area (Å²) in [4.78, 5) is 0. The Kier molecular flexibility index (Phi) is 5.03. The minimum atomic E-state index is -4.44. The average Bonchev–Trinajstić information content (AvgIpc) is 2.46. The molecule has 0 N–H and O–H groups in total. The van der Waals surface area contributed by atoms with Crippen LogP contribution in [-0.2, 0) is 6.18 Å². The lowest BCUT2D eigenvalue weighted by Gasteiger charge is -2.21. The van der Waals surface area contributed by atoms with Crippen molar-refractivity contribution in [1.29, 1.82) is 0 Å². The second-order valence-corrected chi connectivity index (χ2v) is 6.16. The molecule has 0 unspecified atom stereocenters. The van der Waals surface area contributed by atoms with E-state index in [4.69, 9.17) is 4.74 Å². The van der Waals surface area contributed by atoms with Gasteiger partial charge in [0.05, 0.1) is 5.56 Å². The van der Waals surface area contributed by atoms with Crippen molar-refractivity contribution in [3.63, 3.8) is 0 Å². The maximum atomic E-state index is 13.1. The zero-order chi connectivity index (χ0) is 17.2. The maximum Gasteiger partial charge on any atom is 0.419 e. The molecule has 2 rings (SSSR count). The maximum absolute atomic E-state index is 13.1. The number of benzene rings is 2. The topological polar surface area (TPSA) is 9.23 Å². The summed E-state index contributed by atoms with van der Waals surface area (Å²) in [6, 6.07) is 10.9. The zero-order valence-electron chi connectivity index (χ0n) is 13.7. The van der Waals surface area contributed by atoms with E-state index < -0.39 is 11.7 Å². The molecule has 124 valence electrons. The van der Waals surface area contributed by atoms with E-state index in [1.807, 2.05) is 26.0 Å². The lowest BCUT2D eigenvalue weighted by Crippen LogP contribution is -2.08. The first kappa shape index (κ1) is 17.4. The number of halogens is 3. The van der Waals surface area contributed by atoms with E-state index in [1.165, 1.54) is 12.1 Å². The number of alkyl halides is 3. The molecule has 0 aliphatic rings. The first-order valence-electron chi connectivity index (χ1n) is 7.68. The molecule has 0 spiro atoms. The molecule has 1 nitrogen and oxygen atoms in total. The lowest BCUT2D eigenvalue weighted by molar-refractivity contribution is -0.138. The van der Waals surface area contributed by atoms with Crippen molar-refractivity contribution in [2.75, 3.05) is 0 Å². The smallest absolute Gasteiger partial charge is 0.419 e. The van der Waals surface area contributed by atoms with E-state index in [0.29, 0.717) is 5.75 Å². The Labute approximate surface area is 135 Å². The normalized spacial score (nSPS) is 12.0. The van der Waals surface area contributed by atoms with Crippen LogP contribution < -0.4 is 4.74 Å². The highest BCUT2D eigenvalue weighted by Crippen LogP contribution is 2.41. The third-order valence-electron chi connectivity index (χ3n) is 3.71. The largest absolute Gasteiger partial charge is 0.456 e. The molecule has 2 aromatic rings. The van der Waals surface area contributed by atoms with Gasteiger partial charge in [-0.2, -0.15) is 13.2 Å². The van der Waals surface area contributed by atoms with Gasteiger partial charge in [-0.25, -0.2) is 0 Å². The van der Waals surface area contributed by atoms with Crippen LogP contribution in [0.15, 0.2) is 42.5 Å². The predicted molar refractivity (Wildman–Crippen MR) is 86.1 cm³/mol. The third kappa shape index (κ3) is 3.87. The minimum Gasteiger partial charge on any atom is -0.456 e. The van der Waals surface area contributed by atoms with Crippen LogP contribution >= 0.6 is 0 Å². The van der Waals surface area contributed by atoms with Crippen LogP contribution in [0.2, 0.25) is 0 Å². The SMILES string of the molecule is CC(C)c1cccc(Oc2ccccc2C(F)(F)F)c1C(C)C. The van der Waals surface area contributed by atoms with Crippen LogP contribution in [0.25, 0.3) is 0 Å². The van der Waals surface area contributed by atoms with Crippen molar-refractivity contribution in [3.8, 4) is 11.5 Å². The fourth-order valence-electron chi connectivity index (χ4n) is 2.68. The highest BCUT2D eigenvalue weighted by molar-refractivity contribution is 5.47. The van der Waals surface area contributed by atoms with Crippen molar-refractivity contribution < 1.29 is 17.9 Å². The van der Waals surface area contributed by atoms with Gasteiger partial charge in [-0.05, 0) is 35.6 Å². The zero-order valence-corrected chi connectivity index (χ0v) is 13.7. The molecule has 0 heterocycles. The molecular weight excluding hydrogens is 301 g/mol. The van der Waals surface area contributed by atoms with Gasteiger partial charge in [-0.3, -0.25) is 0 Å². The summed E-state index contributed by atoms with van der Waals surface area (Å²) in [5.41, 5.74) is 1.30. The summed E-state index contributed by atoms with van der Waals surface area (Å²) in [6.45, 7) is 8.16. The van der Waals surface area contributed by atoms with Gasteiger partial charge >= 0.3 is 6.18 Å². The fourth-order valence-corrected chi connectivity index (χ4v) is 2.68. The molecule has 2 aromatic carbocycles. The van der Waals surface area contributed by atoms with Crippen LogP contribution in [0.1, 0.15) is 56.2 Å². The molecule has 0 atom stereocenters. The number of ether oxygens (including phenoxy) is 1. The summed E-state index contributed by atoms with van der Waals surface area (Å²) in [5, 5.41) is 0. The third-order valence-corrected chi connectivity index (χ3v) is 3.71. The Morgan fingerprint density at radius 2 is 1.39 bits per heavy atom. The Balaban J connectivity index is 2.52. The Morgan fingerprint density at radius 3 is 1.96 bits per heavy atom. The van der Waals surface area contributed by atoms with E-state index in [0.717, 1.165) is 17.2 Å². The quantitative estimate of drug-likeness (QED) is 0.605. The highest BCUT2D eigenvalue weighted by Gasteiger charge is 2.34. The van der Waals surface area contributed by atoms with Gasteiger partial charge in [0.15, 0.2) is 0 Å². The monoisotopic (exact) mass is 322 g/mol. The van der Waals surface area contributed by atoms with E-state index in [9.17, 15) is 13.2 Å². The van der Waals surface area contributed by atoms with E-state index in [1.54, 1.807) is 12.1 Å². The van der Waals surface area contributed by atoms with Crippen LogP contribution in [0.5, 0.6) is 11.5 Å². The predicted octanol–water partition coefficient (Wildman–Crippen LogP) is 6.74. The second-order valence-electron chi connectivity index (χ2n) is 6.16. The van der Waals surface area contributed by atoms with Crippen molar-refractivity contribution in [2.24, 2.45) is 0 Å². The van der Waals surface area contributed by atoms with Crippen molar-refractivity contribution in [2.45, 2.75) is 45.7 Å². The molecule has 0 radical (unpaired) electrons. The van der Waals surface area contributed by atoms with Crippen LogP contribution in [0.3, 0.4) is 0 Å². The molecule has 0 fully saturated rings. The highest BCUT2D eigenvalue weighted by atomic mass is 19.4. The van der Waals surface area contributed by atoms with Gasteiger partial charge in [0.1, 0.15) is 11.5 Å². The molecule has 0 aromatic heterocycles. The van der Waals surface area contributed by atoms with Crippen molar-refractivity contribution in [3.05, 3.63) is 59.2 Å². The number of rotatable bonds is 4. The minimum absolute atomic E-state index is 0.154. The van der Waals surface area contributed by atoms with E-state index >= 15 is 0 Å². The molecule has 0 aliphatic carbocycles. The van der Waals surface area contributed by atoms with Crippen LogP contribution in [-0.4, -0.2) is 0 Å².